The highest BCUT2D eigenvalue weighted by molar-refractivity contribution is 6.29. The van der Waals surface area contributed by atoms with Crippen LogP contribution in [-0.2, 0) is 19.6 Å². The molecule has 6 rings (SSSR count). The van der Waals surface area contributed by atoms with E-state index in [1.807, 2.05) is 12.1 Å². The number of halogens is 3. The second-order valence-corrected chi connectivity index (χ2v) is 10.4. The van der Waals surface area contributed by atoms with Crippen molar-refractivity contribution in [2.45, 2.75) is 38.5 Å². The van der Waals surface area contributed by atoms with Crippen molar-refractivity contribution < 1.29 is 13.5 Å². The number of ether oxygens (including phenoxy) is 1. The minimum absolute atomic E-state index is 0.104. The van der Waals surface area contributed by atoms with Gasteiger partial charge >= 0.3 is 0 Å². The molecule has 8 nitrogen and oxygen atoms in total. The fourth-order valence-corrected chi connectivity index (χ4v) is 5.65. The van der Waals surface area contributed by atoms with Crippen molar-refractivity contribution in [2.75, 3.05) is 30.3 Å². The van der Waals surface area contributed by atoms with Gasteiger partial charge in [0.2, 0.25) is 5.82 Å². The summed E-state index contributed by atoms with van der Waals surface area (Å²) < 4.78 is 36.1. The first-order valence-corrected chi connectivity index (χ1v) is 13.2. The van der Waals surface area contributed by atoms with Gasteiger partial charge in [0.1, 0.15) is 17.6 Å². The predicted molar refractivity (Wildman–Crippen MR) is 146 cm³/mol. The molecule has 2 N–H and O–H groups in total. The lowest BCUT2D eigenvalue weighted by atomic mass is 10.0. The van der Waals surface area contributed by atoms with Crippen LogP contribution in [0.25, 0.3) is 10.9 Å². The number of hydrogen-bond acceptors (Lipinski definition) is 7. The van der Waals surface area contributed by atoms with E-state index in [1.54, 1.807) is 35.3 Å². The first-order chi connectivity index (χ1) is 18.9. The van der Waals surface area contributed by atoms with Gasteiger partial charge in [-0.2, -0.15) is 4.39 Å². The number of aromatic nitrogens is 3. The molecule has 1 aromatic carbocycles. The van der Waals surface area contributed by atoms with E-state index < -0.39 is 11.6 Å². The van der Waals surface area contributed by atoms with E-state index in [2.05, 4.69) is 19.8 Å². The second-order valence-electron chi connectivity index (χ2n) is 10.0. The fourth-order valence-electron chi connectivity index (χ4n) is 5.54. The standard InChI is InChI=1S/C28H27ClF2N6O2/c29-23-5-3-17(11-33-23)13-37(20-2-1-7-35(16-20)19-4-6-24(32)34-12-19)15-18-14-36-8-9-39-28-25(31)22(30)10-21(26(28)36)27(18)38/h3-6,10-12,14,20H,1-2,7-9,13,15-16H2,(H2,32,34)/t20-/m0/s1. The van der Waals surface area contributed by atoms with Crippen molar-refractivity contribution in [2.24, 2.45) is 0 Å². The molecule has 2 aliphatic rings. The molecule has 0 aliphatic carbocycles. The molecule has 3 aromatic heterocycles. The van der Waals surface area contributed by atoms with E-state index in [0.29, 0.717) is 41.7 Å². The maximum atomic E-state index is 14.4. The van der Waals surface area contributed by atoms with Gasteiger partial charge in [0.05, 0.1) is 29.3 Å². The molecule has 39 heavy (non-hydrogen) atoms. The van der Waals surface area contributed by atoms with Crippen LogP contribution in [0.15, 0.2) is 53.7 Å². The Bertz CT molecular complexity index is 1580. The summed E-state index contributed by atoms with van der Waals surface area (Å²) in [5.41, 5.74) is 8.20. The van der Waals surface area contributed by atoms with E-state index in [4.69, 9.17) is 22.1 Å². The minimum atomic E-state index is -1.09. The number of piperidine rings is 1. The lowest BCUT2D eigenvalue weighted by Crippen LogP contribution is -2.48. The number of hydrogen-bond donors (Lipinski definition) is 1. The van der Waals surface area contributed by atoms with Crippen LogP contribution in [0.5, 0.6) is 5.75 Å². The van der Waals surface area contributed by atoms with Crippen LogP contribution in [0.4, 0.5) is 20.3 Å². The number of nitrogen functional groups attached to an aromatic ring is 1. The molecule has 0 spiro atoms. The summed E-state index contributed by atoms with van der Waals surface area (Å²) >= 11 is 6.02. The maximum Gasteiger partial charge on any atom is 0.202 e. The Kier molecular flexibility index (Phi) is 6.82. The summed E-state index contributed by atoms with van der Waals surface area (Å²) in [4.78, 5) is 26.6. The third kappa shape index (κ3) is 5.02. The average molecular weight is 553 g/mol. The molecule has 0 amide bonds. The number of benzene rings is 1. The Labute approximate surface area is 228 Å². The van der Waals surface area contributed by atoms with E-state index in [-0.39, 0.29) is 29.2 Å². The van der Waals surface area contributed by atoms with Gasteiger partial charge in [0.25, 0.3) is 0 Å². The summed E-state index contributed by atoms with van der Waals surface area (Å²) in [6, 6.07) is 8.51. The normalized spacial score (nSPS) is 17.0. The van der Waals surface area contributed by atoms with Crippen LogP contribution in [0.3, 0.4) is 0 Å². The van der Waals surface area contributed by atoms with Gasteiger partial charge < -0.3 is 19.9 Å². The Morgan fingerprint density at radius 1 is 1.13 bits per heavy atom. The van der Waals surface area contributed by atoms with E-state index in [0.717, 1.165) is 43.2 Å². The number of nitrogens with two attached hydrogens (primary N) is 1. The highest BCUT2D eigenvalue weighted by Gasteiger charge is 2.29. The van der Waals surface area contributed by atoms with Crippen molar-refractivity contribution in [1.29, 1.82) is 0 Å². The average Bonchev–Trinajstić information content (AvgIpc) is 2.95. The molecule has 0 saturated carbocycles. The molecule has 1 atom stereocenters. The van der Waals surface area contributed by atoms with E-state index in [9.17, 15) is 13.6 Å². The first-order valence-electron chi connectivity index (χ1n) is 12.8. The topological polar surface area (TPSA) is 89.5 Å². The summed E-state index contributed by atoms with van der Waals surface area (Å²) in [7, 11) is 0. The lowest BCUT2D eigenvalue weighted by Gasteiger charge is -2.40. The number of rotatable bonds is 6. The molecule has 2 aliphatic heterocycles. The fraction of sp³-hybridized carbons (Fsp3) is 0.321. The van der Waals surface area contributed by atoms with Crippen LogP contribution in [0.1, 0.15) is 24.0 Å². The minimum Gasteiger partial charge on any atom is -0.486 e. The predicted octanol–water partition coefficient (Wildman–Crippen LogP) is 4.37. The zero-order valence-electron chi connectivity index (χ0n) is 21.1. The van der Waals surface area contributed by atoms with E-state index in [1.165, 1.54) is 0 Å². The molecule has 5 heterocycles. The molecule has 202 valence electrons. The van der Waals surface area contributed by atoms with Gasteiger partial charge in [-0.3, -0.25) is 9.69 Å². The molecule has 0 bridgehead atoms. The van der Waals surface area contributed by atoms with Crippen molar-refractivity contribution in [3.63, 3.8) is 0 Å². The van der Waals surface area contributed by atoms with Crippen molar-refractivity contribution >= 4 is 34.0 Å². The summed E-state index contributed by atoms with van der Waals surface area (Å²) in [6.45, 7) is 3.10. The maximum absolute atomic E-state index is 14.4. The van der Waals surface area contributed by atoms with Crippen LogP contribution in [0, 0.1) is 11.6 Å². The molecule has 11 heteroatoms. The van der Waals surface area contributed by atoms with Crippen molar-refractivity contribution in [3.8, 4) is 5.75 Å². The zero-order chi connectivity index (χ0) is 27.1. The van der Waals surface area contributed by atoms with Gasteiger partial charge in [-0.1, -0.05) is 17.7 Å². The van der Waals surface area contributed by atoms with Gasteiger partial charge in [0, 0.05) is 50.2 Å². The smallest absolute Gasteiger partial charge is 0.202 e. The zero-order valence-corrected chi connectivity index (χ0v) is 21.9. The molecular formula is C28H27ClF2N6O2. The quantitative estimate of drug-likeness (QED) is 0.355. The molecule has 0 radical (unpaired) electrons. The van der Waals surface area contributed by atoms with Crippen LogP contribution in [-0.4, -0.2) is 45.2 Å². The van der Waals surface area contributed by atoms with Crippen molar-refractivity contribution in [3.05, 3.63) is 87.1 Å². The molecule has 1 fully saturated rings. The highest BCUT2D eigenvalue weighted by atomic mass is 35.5. The lowest BCUT2D eigenvalue weighted by molar-refractivity contribution is 0.157. The Hall–Kier alpha value is -3.76. The van der Waals surface area contributed by atoms with E-state index >= 15 is 0 Å². The van der Waals surface area contributed by atoms with Crippen molar-refractivity contribution in [1.82, 2.24) is 19.4 Å². The molecule has 4 aromatic rings. The molecule has 0 unspecified atom stereocenters. The van der Waals surface area contributed by atoms with Crippen LogP contribution >= 0.6 is 11.6 Å². The van der Waals surface area contributed by atoms with Crippen LogP contribution in [0.2, 0.25) is 5.15 Å². The second kappa shape index (κ2) is 10.4. The van der Waals surface area contributed by atoms with Gasteiger partial charge in [-0.05, 0) is 42.7 Å². The number of nitrogens with zero attached hydrogens (tertiary/aromatic N) is 5. The first kappa shape index (κ1) is 25.5. The largest absolute Gasteiger partial charge is 0.486 e. The molecule has 1 saturated heterocycles. The Morgan fingerprint density at radius 3 is 2.77 bits per heavy atom. The highest BCUT2D eigenvalue weighted by Crippen LogP contribution is 2.33. The van der Waals surface area contributed by atoms with Gasteiger partial charge in [-0.15, -0.1) is 0 Å². The monoisotopic (exact) mass is 552 g/mol. The SMILES string of the molecule is Nc1ccc(N2CCC[C@H](N(Cc3ccc(Cl)nc3)Cc3cn4c5c(c(F)c(F)cc5c3=O)OCC4)C2)cn1. The Morgan fingerprint density at radius 2 is 2.00 bits per heavy atom. The Balaban J connectivity index is 1.37. The van der Waals surface area contributed by atoms with Crippen LogP contribution < -0.4 is 20.8 Å². The van der Waals surface area contributed by atoms with Gasteiger partial charge in [-0.25, -0.2) is 14.4 Å². The summed E-state index contributed by atoms with van der Waals surface area (Å²) in [6.07, 6.45) is 7.15. The van der Waals surface area contributed by atoms with Gasteiger partial charge in [0.15, 0.2) is 17.0 Å². The molecular weight excluding hydrogens is 526 g/mol. The summed E-state index contributed by atoms with van der Waals surface area (Å²) in [5, 5.41) is 0.525. The third-order valence-corrected chi connectivity index (χ3v) is 7.68. The summed E-state index contributed by atoms with van der Waals surface area (Å²) in [5.74, 6) is -1.90. The number of pyridine rings is 3. The number of anilines is 2. The third-order valence-electron chi connectivity index (χ3n) is 7.46.